The third-order valence-corrected chi connectivity index (χ3v) is 7.40. The Hall–Kier alpha value is -2.29. The standard InChI is InChI=1S/C25H33Cl2N3O4S/c1-4-15-28-25(32)23(5-2)29(18-19-13-14-21(26)22(27)17-19)24(31)12-9-16-30(35(3,33)34)20-10-7-6-8-11-20/h6-8,10-11,13-14,17,23H,4-5,9,12,15-16,18H2,1-3H3,(H,28,32). The first-order valence-electron chi connectivity index (χ1n) is 11.6. The molecule has 0 radical (unpaired) electrons. The van der Waals surface area contributed by atoms with Crippen molar-refractivity contribution in [3.8, 4) is 0 Å². The Morgan fingerprint density at radius 2 is 1.71 bits per heavy atom. The number of nitrogens with one attached hydrogen (secondary N) is 1. The van der Waals surface area contributed by atoms with Gasteiger partial charge in [-0.05, 0) is 49.1 Å². The van der Waals surface area contributed by atoms with Crippen LogP contribution in [0.15, 0.2) is 48.5 Å². The highest BCUT2D eigenvalue weighted by atomic mass is 35.5. The van der Waals surface area contributed by atoms with Gasteiger partial charge in [-0.3, -0.25) is 13.9 Å². The molecule has 2 aromatic rings. The van der Waals surface area contributed by atoms with E-state index >= 15 is 0 Å². The molecule has 0 saturated heterocycles. The Bertz CT molecular complexity index is 1100. The number of carbonyl (C=O) groups excluding carboxylic acids is 2. The van der Waals surface area contributed by atoms with Crippen LogP contribution in [0.5, 0.6) is 0 Å². The SMILES string of the molecule is CCCNC(=O)C(CC)N(Cc1ccc(Cl)c(Cl)c1)C(=O)CCCN(c1ccccc1)S(C)(=O)=O. The normalized spacial score (nSPS) is 12.1. The minimum atomic E-state index is -3.52. The van der Waals surface area contributed by atoms with E-state index < -0.39 is 16.1 Å². The van der Waals surface area contributed by atoms with Crippen molar-refractivity contribution in [2.75, 3.05) is 23.7 Å². The number of amides is 2. The maximum Gasteiger partial charge on any atom is 0.242 e. The van der Waals surface area contributed by atoms with E-state index in [9.17, 15) is 18.0 Å². The number of hydrogen-bond donors (Lipinski definition) is 1. The molecule has 0 fully saturated rings. The van der Waals surface area contributed by atoms with Gasteiger partial charge >= 0.3 is 0 Å². The summed E-state index contributed by atoms with van der Waals surface area (Å²) < 4.78 is 26.0. The van der Waals surface area contributed by atoms with E-state index in [1.165, 1.54) is 9.21 Å². The van der Waals surface area contributed by atoms with Crippen LogP contribution in [-0.4, -0.2) is 50.5 Å². The second-order valence-corrected chi connectivity index (χ2v) is 11.0. The van der Waals surface area contributed by atoms with Gasteiger partial charge in [0, 0.05) is 26.1 Å². The van der Waals surface area contributed by atoms with Gasteiger partial charge in [0.1, 0.15) is 6.04 Å². The summed E-state index contributed by atoms with van der Waals surface area (Å²) in [5, 5.41) is 3.65. The van der Waals surface area contributed by atoms with Crippen molar-refractivity contribution >= 4 is 50.7 Å². The van der Waals surface area contributed by atoms with Crippen molar-refractivity contribution in [1.82, 2.24) is 10.2 Å². The number of rotatable bonds is 13. The summed E-state index contributed by atoms with van der Waals surface area (Å²) in [5.74, 6) is -0.458. The zero-order valence-corrected chi connectivity index (χ0v) is 22.7. The number of nitrogens with zero attached hydrogens (tertiary/aromatic N) is 2. The molecule has 1 unspecified atom stereocenters. The molecule has 0 spiro atoms. The molecule has 0 aliphatic carbocycles. The maximum atomic E-state index is 13.4. The highest BCUT2D eigenvalue weighted by molar-refractivity contribution is 7.92. The Kier molecular flexibility index (Phi) is 11.3. The van der Waals surface area contributed by atoms with Crippen molar-refractivity contribution in [3.05, 3.63) is 64.1 Å². The van der Waals surface area contributed by atoms with E-state index in [0.29, 0.717) is 35.1 Å². The number of hydrogen-bond acceptors (Lipinski definition) is 4. The molecular formula is C25H33Cl2N3O4S. The lowest BCUT2D eigenvalue weighted by molar-refractivity contribution is -0.141. The molecule has 192 valence electrons. The van der Waals surface area contributed by atoms with Crippen LogP contribution in [0.1, 0.15) is 45.1 Å². The number of halogens is 2. The van der Waals surface area contributed by atoms with E-state index in [1.807, 2.05) is 19.9 Å². The fourth-order valence-electron chi connectivity index (χ4n) is 3.72. The number of anilines is 1. The van der Waals surface area contributed by atoms with Crippen LogP contribution in [-0.2, 0) is 26.2 Å². The number of sulfonamides is 1. The summed E-state index contributed by atoms with van der Waals surface area (Å²) >= 11 is 12.2. The van der Waals surface area contributed by atoms with Gasteiger partial charge in [-0.2, -0.15) is 0 Å². The first-order valence-corrected chi connectivity index (χ1v) is 14.2. The third kappa shape index (κ3) is 8.70. The van der Waals surface area contributed by atoms with Crippen molar-refractivity contribution < 1.29 is 18.0 Å². The average Bonchev–Trinajstić information content (AvgIpc) is 2.82. The minimum Gasteiger partial charge on any atom is -0.354 e. The van der Waals surface area contributed by atoms with Crippen molar-refractivity contribution in [3.63, 3.8) is 0 Å². The molecule has 10 heteroatoms. The number of carbonyl (C=O) groups is 2. The Morgan fingerprint density at radius 1 is 1.03 bits per heavy atom. The van der Waals surface area contributed by atoms with E-state index in [2.05, 4.69) is 5.32 Å². The average molecular weight is 543 g/mol. The molecule has 0 aromatic heterocycles. The van der Waals surface area contributed by atoms with Gasteiger partial charge in [0.15, 0.2) is 0 Å². The van der Waals surface area contributed by atoms with E-state index in [-0.39, 0.29) is 31.3 Å². The lowest BCUT2D eigenvalue weighted by Gasteiger charge is -2.31. The monoisotopic (exact) mass is 541 g/mol. The summed E-state index contributed by atoms with van der Waals surface area (Å²) in [4.78, 5) is 27.8. The summed E-state index contributed by atoms with van der Waals surface area (Å²) in [5.41, 5.74) is 1.29. The molecule has 2 aromatic carbocycles. The molecule has 0 aliphatic heterocycles. The Morgan fingerprint density at radius 3 is 2.29 bits per heavy atom. The van der Waals surface area contributed by atoms with Crippen LogP contribution in [0.4, 0.5) is 5.69 Å². The van der Waals surface area contributed by atoms with Crippen LogP contribution in [0.3, 0.4) is 0 Å². The van der Waals surface area contributed by atoms with Gasteiger partial charge in [-0.25, -0.2) is 8.42 Å². The van der Waals surface area contributed by atoms with Crippen LogP contribution in [0.2, 0.25) is 10.0 Å². The topological polar surface area (TPSA) is 86.8 Å². The lowest BCUT2D eigenvalue weighted by atomic mass is 10.1. The third-order valence-electron chi connectivity index (χ3n) is 5.47. The molecular weight excluding hydrogens is 509 g/mol. The van der Waals surface area contributed by atoms with Crippen LogP contribution >= 0.6 is 23.2 Å². The molecule has 0 bridgehead atoms. The highest BCUT2D eigenvalue weighted by Crippen LogP contribution is 2.25. The molecule has 0 heterocycles. The van der Waals surface area contributed by atoms with Gasteiger partial charge < -0.3 is 10.2 Å². The fourth-order valence-corrected chi connectivity index (χ4v) is 5.00. The second-order valence-electron chi connectivity index (χ2n) is 8.26. The molecule has 0 saturated carbocycles. The molecule has 1 N–H and O–H groups in total. The summed E-state index contributed by atoms with van der Waals surface area (Å²) in [6.07, 6.45) is 2.73. The van der Waals surface area contributed by atoms with Crippen LogP contribution in [0, 0.1) is 0 Å². The van der Waals surface area contributed by atoms with Gasteiger partial charge in [0.05, 0.1) is 22.0 Å². The fraction of sp³-hybridized carbons (Fsp3) is 0.440. The molecule has 0 aliphatic rings. The van der Waals surface area contributed by atoms with Gasteiger partial charge in [-0.15, -0.1) is 0 Å². The maximum absolute atomic E-state index is 13.4. The highest BCUT2D eigenvalue weighted by Gasteiger charge is 2.28. The van der Waals surface area contributed by atoms with E-state index in [1.54, 1.807) is 42.5 Å². The first-order chi connectivity index (χ1) is 16.6. The predicted octanol–water partition coefficient (Wildman–Crippen LogP) is 4.87. The first kappa shape index (κ1) is 28.9. The molecule has 7 nitrogen and oxygen atoms in total. The van der Waals surface area contributed by atoms with Crippen molar-refractivity contribution in [1.29, 1.82) is 0 Å². The quantitative estimate of drug-likeness (QED) is 0.391. The van der Waals surface area contributed by atoms with Crippen molar-refractivity contribution in [2.24, 2.45) is 0 Å². The zero-order chi connectivity index (χ0) is 26.0. The number of para-hydroxylation sites is 1. The van der Waals surface area contributed by atoms with Crippen LogP contribution in [0.25, 0.3) is 0 Å². The summed E-state index contributed by atoms with van der Waals surface area (Å²) in [6, 6.07) is 13.2. The lowest BCUT2D eigenvalue weighted by Crippen LogP contribution is -2.49. The predicted molar refractivity (Wildman–Crippen MR) is 142 cm³/mol. The summed E-state index contributed by atoms with van der Waals surface area (Å²) in [7, 11) is -3.52. The second kappa shape index (κ2) is 13.7. The van der Waals surface area contributed by atoms with Gasteiger partial charge in [-0.1, -0.05) is 61.3 Å². The van der Waals surface area contributed by atoms with Gasteiger partial charge in [0.25, 0.3) is 0 Å². The number of benzene rings is 2. The van der Waals surface area contributed by atoms with E-state index in [0.717, 1.165) is 18.2 Å². The van der Waals surface area contributed by atoms with Crippen LogP contribution < -0.4 is 9.62 Å². The zero-order valence-electron chi connectivity index (χ0n) is 20.3. The Balaban J connectivity index is 2.21. The van der Waals surface area contributed by atoms with Gasteiger partial charge in [0.2, 0.25) is 21.8 Å². The van der Waals surface area contributed by atoms with E-state index in [4.69, 9.17) is 23.2 Å². The Labute approximate surface area is 218 Å². The molecule has 35 heavy (non-hydrogen) atoms. The molecule has 1 atom stereocenters. The smallest absolute Gasteiger partial charge is 0.242 e. The minimum absolute atomic E-state index is 0.0811. The molecule has 2 rings (SSSR count). The van der Waals surface area contributed by atoms with Crippen molar-refractivity contribution in [2.45, 2.75) is 52.1 Å². The molecule has 2 amide bonds. The largest absolute Gasteiger partial charge is 0.354 e. The summed E-state index contributed by atoms with van der Waals surface area (Å²) in [6.45, 7) is 4.66.